The SMILES string of the molecule is CC.CC1CC(C2CCCC(C3CCCCCCC3)CCC2)CCCC(C2CCCC(C3CCCCCC(C4CCCCCCC4)C3)CC(C3CCCCCCC3)C2)C1.CC1CCCCCCC1. The van der Waals surface area contributed by atoms with Gasteiger partial charge in [0.05, 0.1) is 0 Å². The molecule has 8 rings (SSSR count). The summed E-state index contributed by atoms with van der Waals surface area (Å²) in [4.78, 5) is 0. The first kappa shape index (κ1) is 57.3. The van der Waals surface area contributed by atoms with E-state index in [4.69, 9.17) is 0 Å². The highest BCUT2D eigenvalue weighted by atomic mass is 14.4. The van der Waals surface area contributed by atoms with Gasteiger partial charge in [-0.3, -0.25) is 0 Å². The minimum atomic E-state index is 0.964. The summed E-state index contributed by atoms with van der Waals surface area (Å²) in [5, 5.41) is 0. The van der Waals surface area contributed by atoms with E-state index >= 15 is 0 Å². The molecule has 68 heavy (non-hydrogen) atoms. The van der Waals surface area contributed by atoms with Crippen molar-refractivity contribution in [1.82, 2.24) is 0 Å². The monoisotopic (exact) mass is 943 g/mol. The minimum absolute atomic E-state index is 0.964. The topological polar surface area (TPSA) is 0 Å². The Morgan fingerprint density at radius 1 is 0.147 bits per heavy atom. The van der Waals surface area contributed by atoms with Gasteiger partial charge in [-0.1, -0.05) is 317 Å². The van der Waals surface area contributed by atoms with Crippen molar-refractivity contribution in [2.75, 3.05) is 0 Å². The van der Waals surface area contributed by atoms with Crippen LogP contribution in [0.1, 0.15) is 349 Å². The van der Waals surface area contributed by atoms with E-state index in [1.54, 1.807) is 205 Å². The minimum Gasteiger partial charge on any atom is -0.0683 e. The molecule has 0 heterocycles. The van der Waals surface area contributed by atoms with Crippen molar-refractivity contribution in [2.45, 2.75) is 349 Å². The zero-order chi connectivity index (χ0) is 47.4. The molecule has 8 aliphatic carbocycles. The zero-order valence-corrected chi connectivity index (χ0v) is 47.4. The smallest absolute Gasteiger partial charge is 0.0380 e. The lowest BCUT2D eigenvalue weighted by atomic mass is 9.62. The lowest BCUT2D eigenvalue weighted by Gasteiger charge is -2.43. The maximum atomic E-state index is 2.74. The maximum absolute atomic E-state index is 2.74. The first-order valence-corrected chi connectivity index (χ1v) is 33.6. The highest BCUT2D eigenvalue weighted by molar-refractivity contribution is 4.90. The number of rotatable bonds is 6. The summed E-state index contributed by atoms with van der Waals surface area (Å²) in [7, 11) is 0. The molecule has 8 unspecified atom stereocenters. The fourth-order valence-corrected chi connectivity index (χ4v) is 18.4. The average molecular weight is 944 g/mol. The summed E-state index contributed by atoms with van der Waals surface area (Å²) in [6.45, 7) is 9.14. The van der Waals surface area contributed by atoms with Crippen molar-refractivity contribution < 1.29 is 0 Å². The molecule has 8 aliphatic rings. The molecule has 0 aromatic rings. The van der Waals surface area contributed by atoms with Crippen LogP contribution in [0.4, 0.5) is 0 Å². The van der Waals surface area contributed by atoms with Gasteiger partial charge in [-0.05, 0) is 115 Å². The van der Waals surface area contributed by atoms with E-state index in [-0.39, 0.29) is 0 Å². The van der Waals surface area contributed by atoms with Gasteiger partial charge >= 0.3 is 0 Å². The van der Waals surface area contributed by atoms with Gasteiger partial charge in [0.2, 0.25) is 0 Å². The number of hydrogen-bond donors (Lipinski definition) is 0. The fraction of sp³-hybridized carbons (Fsp3) is 1.00. The van der Waals surface area contributed by atoms with Gasteiger partial charge in [-0.15, -0.1) is 0 Å². The first-order valence-electron chi connectivity index (χ1n) is 33.6. The zero-order valence-electron chi connectivity index (χ0n) is 47.4. The highest BCUT2D eigenvalue weighted by Gasteiger charge is 2.38. The fourth-order valence-electron chi connectivity index (χ4n) is 18.4. The van der Waals surface area contributed by atoms with E-state index < -0.39 is 0 Å². The van der Waals surface area contributed by atoms with Gasteiger partial charge in [0, 0.05) is 0 Å². The molecular formula is C68H126. The summed E-state index contributed by atoms with van der Waals surface area (Å²) in [6.07, 6.45) is 77.8. The average Bonchev–Trinajstić information content (AvgIpc) is 3.25. The van der Waals surface area contributed by atoms with Crippen LogP contribution < -0.4 is 0 Å². The van der Waals surface area contributed by atoms with Crippen molar-refractivity contribution in [1.29, 1.82) is 0 Å². The second-order valence-electron chi connectivity index (χ2n) is 27.3. The normalized spacial score (nSPS) is 36.9. The van der Waals surface area contributed by atoms with E-state index in [1.165, 1.54) is 116 Å². The molecule has 0 nitrogen and oxygen atoms in total. The standard InChI is InChI=1S/C57H102.C9H18.C2H6/c1-45-40-51(49-34-20-32-47(33-21-35-49)46-24-12-5-2-6-13-25-46)36-22-37-52(41-45)55-38-23-39-56(44-57(43-55)50-28-16-9-4-10-17-29-50)54-31-19-11-18-30-53(42-54)48-26-14-7-3-8-15-27-48;1-9-7-5-3-2-4-6-8-9;1-2/h45-57H,2-44H2,1H3;9H,2-8H2,1H3;1-2H3. The largest absolute Gasteiger partial charge is 0.0683 e. The molecule has 0 spiro atoms. The molecule has 8 atom stereocenters. The predicted molar refractivity (Wildman–Crippen MR) is 302 cm³/mol. The van der Waals surface area contributed by atoms with E-state index in [9.17, 15) is 0 Å². The van der Waals surface area contributed by atoms with Crippen LogP contribution in [0, 0.1) is 82.9 Å². The van der Waals surface area contributed by atoms with Crippen molar-refractivity contribution >= 4 is 0 Å². The van der Waals surface area contributed by atoms with Crippen molar-refractivity contribution in [3.63, 3.8) is 0 Å². The van der Waals surface area contributed by atoms with Crippen LogP contribution in [0.3, 0.4) is 0 Å². The van der Waals surface area contributed by atoms with Gasteiger partial charge in [0.15, 0.2) is 0 Å². The molecule has 0 saturated heterocycles. The molecule has 0 aliphatic heterocycles. The van der Waals surface area contributed by atoms with Crippen molar-refractivity contribution in [3.8, 4) is 0 Å². The van der Waals surface area contributed by atoms with Crippen LogP contribution in [0.5, 0.6) is 0 Å². The third-order valence-corrected chi connectivity index (χ3v) is 22.3. The van der Waals surface area contributed by atoms with Gasteiger partial charge in [0.25, 0.3) is 0 Å². The molecule has 398 valence electrons. The summed E-state index contributed by atoms with van der Waals surface area (Å²) in [6, 6.07) is 0. The first-order chi connectivity index (χ1) is 33.6. The second-order valence-corrected chi connectivity index (χ2v) is 27.3. The van der Waals surface area contributed by atoms with Gasteiger partial charge in [0.1, 0.15) is 0 Å². The summed E-state index contributed by atoms with van der Waals surface area (Å²) in [5.41, 5.74) is 0. The quantitative estimate of drug-likeness (QED) is 0.249. The molecule has 0 amide bonds. The van der Waals surface area contributed by atoms with Crippen molar-refractivity contribution in [2.24, 2.45) is 82.9 Å². The molecule has 0 radical (unpaired) electrons. The van der Waals surface area contributed by atoms with Crippen LogP contribution in [0.2, 0.25) is 0 Å². The van der Waals surface area contributed by atoms with Gasteiger partial charge in [-0.2, -0.15) is 0 Å². The van der Waals surface area contributed by atoms with Crippen LogP contribution in [-0.4, -0.2) is 0 Å². The number of hydrogen-bond acceptors (Lipinski definition) is 0. The lowest BCUT2D eigenvalue weighted by Crippen LogP contribution is -2.33. The highest BCUT2D eigenvalue weighted by Crippen LogP contribution is 2.50. The van der Waals surface area contributed by atoms with E-state index in [2.05, 4.69) is 13.8 Å². The third-order valence-electron chi connectivity index (χ3n) is 22.3. The molecule has 0 heteroatoms. The Labute approximate surface area is 429 Å². The Kier molecular flexibility index (Phi) is 29.0. The van der Waals surface area contributed by atoms with Gasteiger partial charge < -0.3 is 0 Å². The predicted octanol–water partition coefficient (Wildman–Crippen LogP) is 23.3. The Morgan fingerprint density at radius 2 is 0.324 bits per heavy atom. The Morgan fingerprint density at radius 3 is 0.676 bits per heavy atom. The molecule has 8 fully saturated rings. The molecule has 8 saturated carbocycles. The molecule has 0 bridgehead atoms. The van der Waals surface area contributed by atoms with E-state index in [1.807, 2.05) is 13.8 Å². The van der Waals surface area contributed by atoms with Crippen LogP contribution in [0.15, 0.2) is 0 Å². The van der Waals surface area contributed by atoms with Crippen LogP contribution in [-0.2, 0) is 0 Å². The van der Waals surface area contributed by atoms with E-state index in [0.29, 0.717) is 0 Å². The third kappa shape index (κ3) is 20.7. The molecule has 0 aromatic carbocycles. The van der Waals surface area contributed by atoms with Gasteiger partial charge in [-0.25, -0.2) is 0 Å². The lowest BCUT2D eigenvalue weighted by molar-refractivity contribution is 0.0748. The van der Waals surface area contributed by atoms with Crippen molar-refractivity contribution in [3.05, 3.63) is 0 Å². The van der Waals surface area contributed by atoms with Crippen LogP contribution in [0.25, 0.3) is 0 Å². The Balaban J connectivity index is 0.000000615. The Hall–Kier alpha value is 0. The second kappa shape index (κ2) is 34.5. The molecular weight excluding hydrogens is 817 g/mol. The molecule has 0 aromatic heterocycles. The Bertz CT molecular complexity index is 1160. The summed E-state index contributed by atoms with van der Waals surface area (Å²) >= 11 is 0. The molecule has 0 N–H and O–H groups in total. The summed E-state index contributed by atoms with van der Waals surface area (Å²) < 4.78 is 0. The van der Waals surface area contributed by atoms with E-state index in [0.717, 1.165) is 82.9 Å². The maximum Gasteiger partial charge on any atom is -0.0380 e. The van der Waals surface area contributed by atoms with Crippen LogP contribution >= 0.6 is 0 Å². The summed E-state index contributed by atoms with van der Waals surface area (Å²) in [5.74, 6) is 14.7.